The molecule has 1 heterocycles. The van der Waals surface area contributed by atoms with Crippen LogP contribution in [0, 0.1) is 21.4 Å². The Morgan fingerprint density at radius 1 is 1.29 bits per heavy atom. The number of piperidine rings is 1. The molecule has 0 radical (unpaired) electrons. The number of nitrogens with zero attached hydrogens (tertiary/aromatic N) is 2. The molecule has 0 saturated carbocycles. The highest BCUT2D eigenvalue weighted by Gasteiger charge is 2.29. The number of hydrogen-bond acceptors (Lipinski definition) is 4. The van der Waals surface area contributed by atoms with E-state index in [0.717, 1.165) is 31.6 Å². The van der Waals surface area contributed by atoms with E-state index in [2.05, 4.69) is 25.7 Å². The molecule has 0 aliphatic carbocycles. The summed E-state index contributed by atoms with van der Waals surface area (Å²) >= 11 is 0. The molecule has 0 spiro atoms. The fourth-order valence-electron chi connectivity index (χ4n) is 3.02. The van der Waals surface area contributed by atoms with Crippen molar-refractivity contribution < 1.29 is 9.72 Å². The Kier molecular flexibility index (Phi) is 4.30. The van der Waals surface area contributed by atoms with Gasteiger partial charge in [0.05, 0.1) is 4.92 Å². The third-order valence-electron chi connectivity index (χ3n) is 4.41. The molecule has 21 heavy (non-hydrogen) atoms. The number of anilines is 1. The Bertz CT molecular complexity index is 541. The van der Waals surface area contributed by atoms with Gasteiger partial charge in [-0.15, -0.1) is 0 Å². The first-order valence-corrected chi connectivity index (χ1v) is 7.31. The molecule has 1 saturated heterocycles. The molecule has 0 amide bonds. The van der Waals surface area contributed by atoms with Gasteiger partial charge < -0.3 is 4.90 Å². The molecule has 0 aromatic heterocycles. The molecule has 1 aromatic rings. The summed E-state index contributed by atoms with van der Waals surface area (Å²) in [7, 11) is 0. The number of carbonyl (C=O) groups is 1. The molecule has 0 bridgehead atoms. The van der Waals surface area contributed by atoms with Crippen molar-refractivity contribution in [3.8, 4) is 0 Å². The molecule has 0 unspecified atom stereocenters. The molecule has 1 aliphatic rings. The second-order valence-electron chi connectivity index (χ2n) is 6.75. The number of non-ortho nitro benzene ring substituents is 1. The zero-order chi connectivity index (χ0) is 15.6. The highest BCUT2D eigenvalue weighted by atomic mass is 16.6. The minimum Gasteiger partial charge on any atom is -0.371 e. The molecular formula is C16H22N2O3. The topological polar surface area (TPSA) is 63.4 Å². The Hall–Kier alpha value is -1.91. The summed E-state index contributed by atoms with van der Waals surface area (Å²) < 4.78 is 0. The van der Waals surface area contributed by atoms with Gasteiger partial charge in [0, 0.05) is 36.5 Å². The molecule has 0 N–H and O–H groups in total. The molecular weight excluding hydrogens is 268 g/mol. The van der Waals surface area contributed by atoms with Crippen LogP contribution in [0.3, 0.4) is 0 Å². The smallest absolute Gasteiger partial charge is 0.270 e. The van der Waals surface area contributed by atoms with Crippen LogP contribution in [-0.4, -0.2) is 24.3 Å². The minimum atomic E-state index is -0.470. The van der Waals surface area contributed by atoms with Gasteiger partial charge in [0.15, 0.2) is 6.29 Å². The Balaban J connectivity index is 2.17. The van der Waals surface area contributed by atoms with E-state index in [-0.39, 0.29) is 5.69 Å². The van der Waals surface area contributed by atoms with Crippen LogP contribution in [0.2, 0.25) is 0 Å². The van der Waals surface area contributed by atoms with Gasteiger partial charge in [0.2, 0.25) is 0 Å². The van der Waals surface area contributed by atoms with Gasteiger partial charge in [-0.2, -0.15) is 0 Å². The number of carbonyl (C=O) groups excluding carboxylic acids is 1. The van der Waals surface area contributed by atoms with Gasteiger partial charge in [0.25, 0.3) is 5.69 Å². The second kappa shape index (κ2) is 5.84. The van der Waals surface area contributed by atoms with E-state index in [0.29, 0.717) is 23.2 Å². The van der Waals surface area contributed by atoms with Gasteiger partial charge >= 0.3 is 0 Å². The standard InChI is InChI=1S/C16H22N2O3/c1-16(2,3)13-6-8-17(9-7-13)15-5-4-14(18(20)21)10-12(15)11-19/h4-5,10-11,13H,6-9H2,1-3H3. The van der Waals surface area contributed by atoms with Gasteiger partial charge in [-0.3, -0.25) is 14.9 Å². The number of nitro groups is 1. The van der Waals surface area contributed by atoms with Crippen LogP contribution in [-0.2, 0) is 0 Å². The Morgan fingerprint density at radius 3 is 2.38 bits per heavy atom. The van der Waals surface area contributed by atoms with E-state index in [1.165, 1.54) is 12.1 Å². The van der Waals surface area contributed by atoms with Crippen molar-refractivity contribution in [2.75, 3.05) is 18.0 Å². The summed E-state index contributed by atoms with van der Waals surface area (Å²) in [6, 6.07) is 4.52. The summed E-state index contributed by atoms with van der Waals surface area (Å²) in [4.78, 5) is 23.7. The summed E-state index contributed by atoms with van der Waals surface area (Å²) in [5, 5.41) is 10.8. The van der Waals surface area contributed by atoms with Crippen LogP contribution in [0.5, 0.6) is 0 Å². The average molecular weight is 290 g/mol. The van der Waals surface area contributed by atoms with Crippen molar-refractivity contribution in [3.05, 3.63) is 33.9 Å². The van der Waals surface area contributed by atoms with E-state index in [9.17, 15) is 14.9 Å². The lowest BCUT2D eigenvalue weighted by atomic mass is 9.75. The zero-order valence-corrected chi connectivity index (χ0v) is 12.8. The number of rotatable bonds is 3. The first kappa shape index (κ1) is 15.5. The van der Waals surface area contributed by atoms with Crippen LogP contribution < -0.4 is 4.90 Å². The number of aldehydes is 1. The molecule has 5 heteroatoms. The predicted octanol–water partition coefficient (Wildman–Crippen LogP) is 3.67. The van der Waals surface area contributed by atoms with Crippen LogP contribution in [0.1, 0.15) is 44.0 Å². The Morgan fingerprint density at radius 2 is 1.90 bits per heavy atom. The van der Waals surface area contributed by atoms with Crippen LogP contribution in [0.25, 0.3) is 0 Å². The van der Waals surface area contributed by atoms with Gasteiger partial charge in [0.1, 0.15) is 0 Å². The lowest BCUT2D eigenvalue weighted by Gasteiger charge is -2.40. The van der Waals surface area contributed by atoms with Gasteiger partial charge in [-0.05, 0) is 30.2 Å². The summed E-state index contributed by atoms with van der Waals surface area (Å²) in [6.45, 7) is 8.56. The second-order valence-corrected chi connectivity index (χ2v) is 6.75. The van der Waals surface area contributed by atoms with E-state index in [4.69, 9.17) is 0 Å². The molecule has 2 rings (SSSR count). The predicted molar refractivity (Wildman–Crippen MR) is 82.9 cm³/mol. The first-order valence-electron chi connectivity index (χ1n) is 7.31. The molecule has 1 fully saturated rings. The summed E-state index contributed by atoms with van der Waals surface area (Å²) in [6.07, 6.45) is 2.87. The highest BCUT2D eigenvalue weighted by Crippen LogP contribution is 2.36. The SMILES string of the molecule is CC(C)(C)C1CCN(c2ccc([N+](=O)[O-])cc2C=O)CC1. The van der Waals surface area contributed by atoms with E-state index >= 15 is 0 Å². The number of benzene rings is 1. The number of nitro benzene ring substituents is 1. The maximum absolute atomic E-state index is 11.2. The monoisotopic (exact) mass is 290 g/mol. The summed E-state index contributed by atoms with van der Waals surface area (Å²) in [5.41, 5.74) is 1.47. The largest absolute Gasteiger partial charge is 0.371 e. The van der Waals surface area contributed by atoms with Crippen LogP contribution in [0.15, 0.2) is 18.2 Å². The highest BCUT2D eigenvalue weighted by molar-refractivity contribution is 5.86. The quantitative estimate of drug-likeness (QED) is 0.484. The maximum Gasteiger partial charge on any atom is 0.270 e. The third kappa shape index (κ3) is 3.40. The van der Waals surface area contributed by atoms with Crippen molar-refractivity contribution in [3.63, 3.8) is 0 Å². The van der Waals surface area contributed by atoms with Crippen LogP contribution in [0.4, 0.5) is 11.4 Å². The molecule has 0 atom stereocenters. The molecule has 1 aliphatic heterocycles. The minimum absolute atomic E-state index is 0.0366. The van der Waals surface area contributed by atoms with Crippen molar-refractivity contribution in [2.45, 2.75) is 33.6 Å². The first-order chi connectivity index (χ1) is 9.82. The Labute approximate surface area is 125 Å². The van der Waals surface area contributed by atoms with Crippen LogP contribution >= 0.6 is 0 Å². The lowest BCUT2D eigenvalue weighted by molar-refractivity contribution is -0.384. The van der Waals surface area contributed by atoms with Gasteiger partial charge in [-0.25, -0.2) is 0 Å². The van der Waals surface area contributed by atoms with Crippen molar-refractivity contribution >= 4 is 17.7 Å². The normalized spacial score (nSPS) is 16.8. The fourth-order valence-corrected chi connectivity index (χ4v) is 3.02. The van der Waals surface area contributed by atoms with Gasteiger partial charge in [-0.1, -0.05) is 20.8 Å². The van der Waals surface area contributed by atoms with Crippen molar-refractivity contribution in [1.82, 2.24) is 0 Å². The maximum atomic E-state index is 11.2. The van der Waals surface area contributed by atoms with Crippen molar-refractivity contribution in [1.29, 1.82) is 0 Å². The molecule has 114 valence electrons. The van der Waals surface area contributed by atoms with E-state index < -0.39 is 4.92 Å². The number of hydrogen-bond donors (Lipinski definition) is 0. The lowest BCUT2D eigenvalue weighted by Crippen LogP contribution is -2.38. The van der Waals surface area contributed by atoms with E-state index in [1.54, 1.807) is 6.07 Å². The fraction of sp³-hybridized carbons (Fsp3) is 0.562. The average Bonchev–Trinajstić information content (AvgIpc) is 2.45. The summed E-state index contributed by atoms with van der Waals surface area (Å²) in [5.74, 6) is 0.673. The third-order valence-corrected chi connectivity index (χ3v) is 4.41. The molecule has 1 aromatic carbocycles. The molecule has 5 nitrogen and oxygen atoms in total. The van der Waals surface area contributed by atoms with Crippen molar-refractivity contribution in [2.24, 2.45) is 11.3 Å². The van der Waals surface area contributed by atoms with E-state index in [1.807, 2.05) is 0 Å². The zero-order valence-electron chi connectivity index (χ0n) is 12.8.